The van der Waals surface area contributed by atoms with Crippen molar-refractivity contribution in [3.05, 3.63) is 28.2 Å². The summed E-state index contributed by atoms with van der Waals surface area (Å²) in [5.41, 5.74) is 1.02. The molecule has 1 fully saturated rings. The largest absolute Gasteiger partial charge is 0.333 e. The fraction of sp³-hybridized carbons (Fsp3) is 0.500. The maximum atomic E-state index is 6.08. The van der Waals surface area contributed by atoms with E-state index in [4.69, 9.17) is 35.4 Å². The summed E-state index contributed by atoms with van der Waals surface area (Å²) in [5.74, 6) is 0. The molecule has 1 saturated carbocycles. The van der Waals surface area contributed by atoms with Crippen LogP contribution in [0.25, 0.3) is 0 Å². The zero-order chi connectivity index (χ0) is 13.1. The van der Waals surface area contributed by atoms with Crippen molar-refractivity contribution in [2.45, 2.75) is 45.1 Å². The molecule has 0 spiro atoms. The molecule has 0 radical (unpaired) electrons. The molecule has 0 saturated heterocycles. The molecule has 0 heterocycles. The molecule has 1 aromatic carbocycles. The second kappa shape index (κ2) is 6.23. The van der Waals surface area contributed by atoms with Crippen molar-refractivity contribution in [3.63, 3.8) is 0 Å². The van der Waals surface area contributed by atoms with Crippen LogP contribution in [-0.4, -0.2) is 11.0 Å². The lowest BCUT2D eigenvalue weighted by Crippen LogP contribution is -2.39. The standard InChI is InChI=1S/C14H17Cl2NS/c1-10(18)17(13-5-3-2-4-6-13)14-8-11(15)7-12(16)9-14/h7-9,13H,2-6H2,1H3. The number of halogens is 2. The Morgan fingerprint density at radius 1 is 1.11 bits per heavy atom. The first-order chi connectivity index (χ1) is 8.58. The van der Waals surface area contributed by atoms with Gasteiger partial charge in [0.15, 0.2) is 0 Å². The number of thiocarbonyl (C=S) groups is 1. The number of anilines is 1. The molecule has 0 N–H and O–H groups in total. The Balaban J connectivity index is 2.31. The van der Waals surface area contributed by atoms with Crippen LogP contribution in [0.2, 0.25) is 10.0 Å². The summed E-state index contributed by atoms with van der Waals surface area (Å²) in [6.45, 7) is 1.97. The Bertz CT molecular complexity index is 421. The minimum absolute atomic E-state index is 0.491. The molecule has 4 heteroatoms. The van der Waals surface area contributed by atoms with Crippen LogP contribution in [0.1, 0.15) is 39.0 Å². The zero-order valence-electron chi connectivity index (χ0n) is 10.5. The second-order valence-electron chi connectivity index (χ2n) is 4.81. The van der Waals surface area contributed by atoms with Crippen LogP contribution in [0.3, 0.4) is 0 Å². The van der Waals surface area contributed by atoms with E-state index in [-0.39, 0.29) is 0 Å². The van der Waals surface area contributed by atoms with Gasteiger partial charge in [0, 0.05) is 21.8 Å². The molecule has 0 atom stereocenters. The zero-order valence-corrected chi connectivity index (χ0v) is 12.8. The summed E-state index contributed by atoms with van der Waals surface area (Å²) in [7, 11) is 0. The predicted octanol–water partition coefficient (Wildman–Crippen LogP) is 5.48. The van der Waals surface area contributed by atoms with Gasteiger partial charge in [-0.15, -0.1) is 0 Å². The minimum Gasteiger partial charge on any atom is -0.333 e. The molecule has 0 amide bonds. The third kappa shape index (κ3) is 3.37. The van der Waals surface area contributed by atoms with E-state index < -0.39 is 0 Å². The second-order valence-corrected chi connectivity index (χ2v) is 6.27. The lowest BCUT2D eigenvalue weighted by atomic mass is 9.94. The first-order valence-electron chi connectivity index (χ1n) is 6.34. The van der Waals surface area contributed by atoms with E-state index in [2.05, 4.69) is 4.90 Å². The van der Waals surface area contributed by atoms with E-state index in [0.717, 1.165) is 10.7 Å². The van der Waals surface area contributed by atoms with Gasteiger partial charge in [-0.2, -0.15) is 0 Å². The van der Waals surface area contributed by atoms with Crippen molar-refractivity contribution in [1.29, 1.82) is 0 Å². The summed E-state index contributed by atoms with van der Waals surface area (Å²) < 4.78 is 0. The van der Waals surface area contributed by atoms with Gasteiger partial charge in [-0.1, -0.05) is 54.7 Å². The van der Waals surface area contributed by atoms with E-state index in [0.29, 0.717) is 16.1 Å². The monoisotopic (exact) mass is 301 g/mol. The van der Waals surface area contributed by atoms with Crippen molar-refractivity contribution in [2.24, 2.45) is 0 Å². The highest BCUT2D eigenvalue weighted by atomic mass is 35.5. The highest BCUT2D eigenvalue weighted by molar-refractivity contribution is 7.80. The SMILES string of the molecule is CC(=S)N(c1cc(Cl)cc(Cl)c1)C1CCCCC1. The summed E-state index contributed by atoms with van der Waals surface area (Å²) >= 11 is 17.6. The van der Waals surface area contributed by atoms with Crippen LogP contribution in [-0.2, 0) is 0 Å². The molecule has 0 aromatic heterocycles. The van der Waals surface area contributed by atoms with Crippen LogP contribution in [0.5, 0.6) is 0 Å². The summed E-state index contributed by atoms with van der Waals surface area (Å²) in [6, 6.07) is 6.13. The van der Waals surface area contributed by atoms with Crippen molar-refractivity contribution in [1.82, 2.24) is 0 Å². The minimum atomic E-state index is 0.491. The summed E-state index contributed by atoms with van der Waals surface area (Å²) in [4.78, 5) is 3.10. The average Bonchev–Trinajstić information content (AvgIpc) is 2.28. The van der Waals surface area contributed by atoms with Crippen LogP contribution < -0.4 is 4.90 Å². The van der Waals surface area contributed by atoms with Crippen LogP contribution in [0, 0.1) is 0 Å². The molecule has 18 heavy (non-hydrogen) atoms. The van der Waals surface area contributed by atoms with Crippen LogP contribution in [0.4, 0.5) is 5.69 Å². The van der Waals surface area contributed by atoms with Crippen LogP contribution >= 0.6 is 35.4 Å². The Hall–Kier alpha value is -0.310. The van der Waals surface area contributed by atoms with Gasteiger partial charge in [-0.3, -0.25) is 0 Å². The van der Waals surface area contributed by atoms with E-state index in [9.17, 15) is 0 Å². The molecular formula is C14H17Cl2NS. The normalized spacial score (nSPS) is 16.6. The van der Waals surface area contributed by atoms with Gasteiger partial charge in [0.2, 0.25) is 0 Å². The molecule has 98 valence electrons. The summed E-state index contributed by atoms with van der Waals surface area (Å²) in [6.07, 6.45) is 6.27. The highest BCUT2D eigenvalue weighted by Gasteiger charge is 2.23. The fourth-order valence-electron chi connectivity index (χ4n) is 2.67. The lowest BCUT2D eigenvalue weighted by molar-refractivity contribution is 0.441. The van der Waals surface area contributed by atoms with Crippen molar-refractivity contribution >= 4 is 46.1 Å². The van der Waals surface area contributed by atoms with Gasteiger partial charge in [0.05, 0.1) is 4.99 Å². The Morgan fingerprint density at radius 2 is 1.67 bits per heavy atom. The first-order valence-corrected chi connectivity index (χ1v) is 7.50. The topological polar surface area (TPSA) is 3.24 Å². The molecule has 1 aliphatic rings. The van der Waals surface area contributed by atoms with Crippen LogP contribution in [0.15, 0.2) is 18.2 Å². The van der Waals surface area contributed by atoms with Crippen molar-refractivity contribution in [3.8, 4) is 0 Å². The number of benzene rings is 1. The summed E-state index contributed by atoms with van der Waals surface area (Å²) in [5, 5.41) is 1.32. The predicted molar refractivity (Wildman–Crippen MR) is 84.1 cm³/mol. The third-order valence-electron chi connectivity index (χ3n) is 3.40. The first kappa shape index (κ1) is 14.1. The van der Waals surface area contributed by atoms with Gasteiger partial charge >= 0.3 is 0 Å². The third-order valence-corrected chi connectivity index (χ3v) is 4.04. The number of rotatable bonds is 2. The molecule has 0 bridgehead atoms. The fourth-order valence-corrected chi connectivity index (χ4v) is 3.44. The van der Waals surface area contributed by atoms with E-state index in [1.54, 1.807) is 6.07 Å². The van der Waals surface area contributed by atoms with Gasteiger partial charge in [0.1, 0.15) is 0 Å². The van der Waals surface area contributed by atoms with Gasteiger partial charge < -0.3 is 4.90 Å². The lowest BCUT2D eigenvalue weighted by Gasteiger charge is -2.35. The van der Waals surface area contributed by atoms with Gasteiger partial charge in [0.25, 0.3) is 0 Å². The average molecular weight is 302 g/mol. The van der Waals surface area contributed by atoms with Gasteiger partial charge in [-0.05, 0) is 38.0 Å². The van der Waals surface area contributed by atoms with Gasteiger partial charge in [-0.25, -0.2) is 0 Å². The van der Waals surface area contributed by atoms with Crippen molar-refractivity contribution in [2.75, 3.05) is 4.90 Å². The molecular weight excluding hydrogens is 285 g/mol. The Morgan fingerprint density at radius 3 is 2.17 bits per heavy atom. The van der Waals surface area contributed by atoms with Crippen molar-refractivity contribution < 1.29 is 0 Å². The molecule has 1 aliphatic carbocycles. The van der Waals surface area contributed by atoms with E-state index in [1.807, 2.05) is 19.1 Å². The molecule has 0 unspecified atom stereocenters. The maximum absolute atomic E-state index is 6.08. The number of nitrogens with zero attached hydrogens (tertiary/aromatic N) is 1. The molecule has 0 aliphatic heterocycles. The molecule has 2 rings (SSSR count). The number of hydrogen-bond acceptors (Lipinski definition) is 1. The highest BCUT2D eigenvalue weighted by Crippen LogP contribution is 2.31. The maximum Gasteiger partial charge on any atom is 0.0794 e. The molecule has 1 aromatic rings. The molecule has 1 nitrogen and oxygen atoms in total. The smallest absolute Gasteiger partial charge is 0.0794 e. The Labute approximate surface area is 124 Å². The van der Waals surface area contributed by atoms with E-state index in [1.165, 1.54) is 32.1 Å². The Kier molecular flexibility index (Phi) is 4.88. The quantitative estimate of drug-likeness (QED) is 0.665. The van der Waals surface area contributed by atoms with E-state index >= 15 is 0 Å². The number of hydrogen-bond donors (Lipinski definition) is 0.